The molecule has 25 heavy (non-hydrogen) atoms. The molecule has 3 rings (SSSR count). The van der Waals surface area contributed by atoms with Crippen LogP contribution in [0.5, 0.6) is 0 Å². The van der Waals surface area contributed by atoms with Crippen LogP contribution in [0, 0.1) is 0 Å². The zero-order valence-electron chi connectivity index (χ0n) is 13.7. The van der Waals surface area contributed by atoms with Crippen LogP contribution in [0.1, 0.15) is 5.56 Å². The van der Waals surface area contributed by atoms with E-state index >= 15 is 0 Å². The van der Waals surface area contributed by atoms with Crippen molar-refractivity contribution in [2.75, 3.05) is 14.1 Å². The molecule has 0 fully saturated rings. The molecular weight excluding hydrogens is 346 g/mol. The van der Waals surface area contributed by atoms with E-state index in [0.717, 1.165) is 24.9 Å². The summed E-state index contributed by atoms with van der Waals surface area (Å²) in [5.41, 5.74) is 0.595. The normalized spacial score (nSPS) is 12.1. The first-order valence-corrected chi connectivity index (χ1v) is 8.79. The fourth-order valence-corrected chi connectivity index (χ4v) is 3.10. The van der Waals surface area contributed by atoms with Crippen molar-refractivity contribution in [3.8, 4) is 0 Å². The van der Waals surface area contributed by atoms with Crippen molar-refractivity contribution in [3.05, 3.63) is 58.8 Å². The summed E-state index contributed by atoms with van der Waals surface area (Å²) in [5, 5.41) is 3.98. The number of aromatic nitrogens is 4. The van der Waals surface area contributed by atoms with Crippen molar-refractivity contribution < 1.29 is 13.2 Å². The fourth-order valence-electron chi connectivity index (χ4n) is 2.20. The summed E-state index contributed by atoms with van der Waals surface area (Å²) in [6, 6.07) is 9.52. The van der Waals surface area contributed by atoms with E-state index in [1.807, 2.05) is 30.3 Å². The largest absolute Gasteiger partial charge is 0.354 e. The van der Waals surface area contributed by atoms with Crippen molar-refractivity contribution in [3.63, 3.8) is 0 Å². The molecule has 3 aromatic rings. The molecule has 0 amide bonds. The summed E-state index contributed by atoms with van der Waals surface area (Å²) in [4.78, 5) is 16.3. The number of imidazole rings is 1. The zero-order valence-corrected chi connectivity index (χ0v) is 14.5. The average Bonchev–Trinajstić information content (AvgIpc) is 3.03. The van der Waals surface area contributed by atoms with Crippen LogP contribution in [0.15, 0.2) is 47.7 Å². The molecule has 1 aromatic carbocycles. The Kier molecular flexibility index (Phi) is 4.66. The maximum atomic E-state index is 12.4. The van der Waals surface area contributed by atoms with E-state index in [-0.39, 0.29) is 17.8 Å². The number of benzene rings is 1. The summed E-state index contributed by atoms with van der Waals surface area (Å²) in [7, 11) is -0.982. The standard InChI is InChI=1S/C15H17N5O4S/c1-18(2)25(22,23)20-10-16-14-13(20)8-17-19(15(14)21)11-24-9-12-6-4-3-5-7-12/h3-8,10H,9,11H2,1-2H3. The maximum Gasteiger partial charge on any atom is 0.308 e. The van der Waals surface area contributed by atoms with Gasteiger partial charge >= 0.3 is 10.2 Å². The maximum absolute atomic E-state index is 12.4. The monoisotopic (exact) mass is 363 g/mol. The van der Waals surface area contributed by atoms with Crippen molar-refractivity contribution in [1.29, 1.82) is 0 Å². The van der Waals surface area contributed by atoms with Gasteiger partial charge in [-0.25, -0.2) is 13.6 Å². The van der Waals surface area contributed by atoms with Gasteiger partial charge in [0.15, 0.2) is 5.52 Å². The van der Waals surface area contributed by atoms with E-state index in [0.29, 0.717) is 6.61 Å². The smallest absolute Gasteiger partial charge is 0.308 e. The zero-order chi connectivity index (χ0) is 18.0. The second-order valence-electron chi connectivity index (χ2n) is 5.48. The number of fused-ring (bicyclic) bond motifs is 1. The molecule has 9 nitrogen and oxygen atoms in total. The molecule has 0 saturated heterocycles. The minimum atomic E-state index is -3.77. The van der Waals surface area contributed by atoms with Gasteiger partial charge in [0.05, 0.1) is 12.8 Å². The van der Waals surface area contributed by atoms with Gasteiger partial charge in [-0.05, 0) is 5.56 Å². The lowest BCUT2D eigenvalue weighted by atomic mass is 10.2. The molecule has 0 aliphatic heterocycles. The Morgan fingerprint density at radius 3 is 2.60 bits per heavy atom. The Bertz CT molecular complexity index is 1040. The number of hydrogen-bond acceptors (Lipinski definition) is 6. The number of nitrogens with zero attached hydrogens (tertiary/aromatic N) is 5. The molecule has 0 saturated carbocycles. The molecule has 0 N–H and O–H groups in total. The Labute approximate surface area is 144 Å². The number of hydrogen-bond donors (Lipinski definition) is 0. The van der Waals surface area contributed by atoms with Crippen molar-refractivity contribution >= 4 is 21.2 Å². The first-order chi connectivity index (χ1) is 11.9. The van der Waals surface area contributed by atoms with Gasteiger partial charge < -0.3 is 4.74 Å². The third-order valence-corrected chi connectivity index (χ3v) is 5.27. The van der Waals surface area contributed by atoms with Gasteiger partial charge in [-0.15, -0.1) is 0 Å². The Morgan fingerprint density at radius 1 is 1.20 bits per heavy atom. The Morgan fingerprint density at radius 2 is 1.92 bits per heavy atom. The van der Waals surface area contributed by atoms with Crippen LogP contribution in [0.4, 0.5) is 0 Å². The van der Waals surface area contributed by atoms with Crippen LogP contribution >= 0.6 is 0 Å². The molecule has 0 atom stereocenters. The van der Waals surface area contributed by atoms with E-state index in [4.69, 9.17) is 4.74 Å². The lowest BCUT2D eigenvalue weighted by molar-refractivity contribution is 0.0532. The molecule has 0 aliphatic carbocycles. The van der Waals surface area contributed by atoms with E-state index in [2.05, 4.69) is 10.1 Å². The molecular formula is C15H17N5O4S. The third-order valence-electron chi connectivity index (χ3n) is 3.56. The van der Waals surface area contributed by atoms with Gasteiger partial charge in [-0.3, -0.25) is 4.79 Å². The van der Waals surface area contributed by atoms with Gasteiger partial charge in [0.1, 0.15) is 18.6 Å². The summed E-state index contributed by atoms with van der Waals surface area (Å²) in [6.07, 6.45) is 2.38. The van der Waals surface area contributed by atoms with Crippen molar-refractivity contribution in [2.45, 2.75) is 13.3 Å². The van der Waals surface area contributed by atoms with E-state index in [9.17, 15) is 13.2 Å². The first-order valence-electron chi connectivity index (χ1n) is 7.39. The SMILES string of the molecule is CN(C)S(=O)(=O)n1cnc2c(=O)n(COCc3ccccc3)ncc21. The second kappa shape index (κ2) is 6.75. The lowest BCUT2D eigenvalue weighted by Crippen LogP contribution is -2.29. The Balaban J connectivity index is 1.85. The lowest BCUT2D eigenvalue weighted by Gasteiger charge is -2.12. The number of ether oxygens (including phenoxy) is 1. The topological polar surface area (TPSA) is 99.3 Å². The second-order valence-corrected chi connectivity index (χ2v) is 7.50. The highest BCUT2D eigenvalue weighted by Gasteiger charge is 2.21. The minimum absolute atomic E-state index is 0.0173. The number of rotatable bonds is 6. The Hall–Kier alpha value is -2.56. The molecule has 0 radical (unpaired) electrons. The van der Waals surface area contributed by atoms with E-state index < -0.39 is 15.8 Å². The van der Waals surface area contributed by atoms with E-state index in [1.54, 1.807) is 0 Å². The predicted molar refractivity (Wildman–Crippen MR) is 91.0 cm³/mol. The van der Waals surface area contributed by atoms with Crippen LogP contribution in [0.3, 0.4) is 0 Å². The molecule has 132 valence electrons. The third kappa shape index (κ3) is 3.31. The van der Waals surface area contributed by atoms with E-state index in [1.165, 1.54) is 20.3 Å². The summed E-state index contributed by atoms with van der Waals surface area (Å²) < 4.78 is 33.0. The minimum Gasteiger partial charge on any atom is -0.354 e. The highest BCUT2D eigenvalue weighted by atomic mass is 32.2. The highest BCUT2D eigenvalue weighted by Crippen LogP contribution is 2.11. The van der Waals surface area contributed by atoms with Gasteiger partial charge in [-0.1, -0.05) is 30.3 Å². The van der Waals surface area contributed by atoms with Crippen molar-refractivity contribution in [1.82, 2.24) is 23.0 Å². The first kappa shape index (κ1) is 17.3. The highest BCUT2D eigenvalue weighted by molar-refractivity contribution is 7.87. The quantitative estimate of drug-likeness (QED) is 0.629. The van der Waals surface area contributed by atoms with Crippen LogP contribution in [-0.2, 0) is 28.3 Å². The summed E-state index contributed by atoms with van der Waals surface area (Å²) in [5.74, 6) is 0. The molecule has 10 heteroatoms. The van der Waals surface area contributed by atoms with Crippen LogP contribution in [0.25, 0.3) is 11.0 Å². The molecule has 2 heterocycles. The van der Waals surface area contributed by atoms with Crippen LogP contribution in [0.2, 0.25) is 0 Å². The molecule has 0 bridgehead atoms. The molecule has 0 aliphatic rings. The molecule has 2 aromatic heterocycles. The fraction of sp³-hybridized carbons (Fsp3) is 0.267. The summed E-state index contributed by atoms with van der Waals surface area (Å²) >= 11 is 0. The van der Waals surface area contributed by atoms with Crippen molar-refractivity contribution in [2.24, 2.45) is 0 Å². The predicted octanol–water partition coefficient (Wildman–Crippen LogP) is 0.422. The summed E-state index contributed by atoms with van der Waals surface area (Å²) in [6.45, 7) is 0.271. The van der Waals surface area contributed by atoms with Crippen LogP contribution < -0.4 is 5.56 Å². The average molecular weight is 363 g/mol. The van der Waals surface area contributed by atoms with Crippen LogP contribution in [-0.4, -0.2) is 45.6 Å². The van der Waals surface area contributed by atoms with Gasteiger partial charge in [-0.2, -0.15) is 17.8 Å². The molecule has 0 spiro atoms. The van der Waals surface area contributed by atoms with Gasteiger partial charge in [0.25, 0.3) is 5.56 Å². The van der Waals surface area contributed by atoms with Gasteiger partial charge in [0.2, 0.25) is 0 Å². The molecule has 0 unspecified atom stereocenters. The van der Waals surface area contributed by atoms with Gasteiger partial charge in [0, 0.05) is 14.1 Å².